The smallest absolute Gasteiger partial charge is 0.223 e. The molecule has 1 aliphatic heterocycles. The number of likely N-dealkylation sites (tertiary alicyclic amines) is 1. The van der Waals surface area contributed by atoms with Gasteiger partial charge >= 0.3 is 0 Å². The number of rotatable bonds is 9. The van der Waals surface area contributed by atoms with Crippen LogP contribution in [0.5, 0.6) is 0 Å². The summed E-state index contributed by atoms with van der Waals surface area (Å²) >= 11 is 0. The Morgan fingerprint density at radius 1 is 1.22 bits per heavy atom. The third-order valence-corrected chi connectivity index (χ3v) is 3.78. The van der Waals surface area contributed by atoms with Crippen LogP contribution < -0.4 is 5.32 Å². The first-order valence-corrected chi connectivity index (χ1v) is 7.75. The van der Waals surface area contributed by atoms with Gasteiger partial charge in [0.05, 0.1) is 0 Å². The van der Waals surface area contributed by atoms with E-state index >= 15 is 0 Å². The van der Waals surface area contributed by atoms with Gasteiger partial charge in [0.2, 0.25) is 5.91 Å². The maximum atomic E-state index is 11.8. The number of carbonyl (C=O) groups excluding carboxylic acids is 1. The zero-order valence-corrected chi connectivity index (χ0v) is 12.2. The Bertz CT molecular complexity index is 225. The Kier molecular flexibility index (Phi) is 8.06. The number of hydrogen-bond donors (Lipinski definition) is 1. The molecule has 0 aromatic heterocycles. The molecule has 0 saturated carbocycles. The summed E-state index contributed by atoms with van der Waals surface area (Å²) in [6.07, 6.45) is 9.57. The molecule has 106 valence electrons. The summed E-state index contributed by atoms with van der Waals surface area (Å²) in [4.78, 5) is 13.8. The molecule has 1 N–H and O–H groups in total. The second kappa shape index (κ2) is 9.37. The SMILES string of the molecule is CCCCCCC(C)NCCC(=O)N1CCCC1. The van der Waals surface area contributed by atoms with Gasteiger partial charge in [0.25, 0.3) is 0 Å². The van der Waals surface area contributed by atoms with Crippen LogP contribution >= 0.6 is 0 Å². The van der Waals surface area contributed by atoms with E-state index < -0.39 is 0 Å². The Labute approximate surface area is 112 Å². The molecule has 1 rings (SSSR count). The van der Waals surface area contributed by atoms with Crippen LogP contribution in [-0.4, -0.2) is 36.5 Å². The van der Waals surface area contributed by atoms with E-state index in [9.17, 15) is 4.79 Å². The molecule has 0 aromatic rings. The number of amides is 1. The van der Waals surface area contributed by atoms with E-state index in [0.29, 0.717) is 18.4 Å². The molecule has 0 spiro atoms. The molecule has 3 nitrogen and oxygen atoms in total. The highest BCUT2D eigenvalue weighted by atomic mass is 16.2. The molecule has 0 aromatic carbocycles. The Hall–Kier alpha value is -0.570. The van der Waals surface area contributed by atoms with E-state index in [1.807, 2.05) is 4.90 Å². The number of carbonyl (C=O) groups is 1. The van der Waals surface area contributed by atoms with Crippen molar-refractivity contribution in [2.45, 2.75) is 71.3 Å². The lowest BCUT2D eigenvalue weighted by atomic mass is 10.1. The van der Waals surface area contributed by atoms with Crippen molar-refractivity contribution in [1.29, 1.82) is 0 Å². The minimum Gasteiger partial charge on any atom is -0.343 e. The van der Waals surface area contributed by atoms with Crippen LogP contribution in [0.15, 0.2) is 0 Å². The molecule has 1 aliphatic rings. The lowest BCUT2D eigenvalue weighted by Gasteiger charge is -2.17. The van der Waals surface area contributed by atoms with Crippen molar-refractivity contribution in [2.75, 3.05) is 19.6 Å². The highest BCUT2D eigenvalue weighted by Crippen LogP contribution is 2.09. The van der Waals surface area contributed by atoms with Crippen molar-refractivity contribution >= 4 is 5.91 Å². The first kappa shape index (κ1) is 15.5. The van der Waals surface area contributed by atoms with Crippen LogP contribution in [0.25, 0.3) is 0 Å². The molecule has 0 bridgehead atoms. The van der Waals surface area contributed by atoms with Crippen molar-refractivity contribution in [1.82, 2.24) is 10.2 Å². The lowest BCUT2D eigenvalue weighted by molar-refractivity contribution is -0.130. The summed E-state index contributed by atoms with van der Waals surface area (Å²) in [5.74, 6) is 0.332. The summed E-state index contributed by atoms with van der Waals surface area (Å²) in [6.45, 7) is 7.26. The van der Waals surface area contributed by atoms with Crippen molar-refractivity contribution in [3.05, 3.63) is 0 Å². The topological polar surface area (TPSA) is 32.3 Å². The van der Waals surface area contributed by atoms with E-state index in [4.69, 9.17) is 0 Å². The van der Waals surface area contributed by atoms with Gasteiger partial charge in [-0.05, 0) is 26.2 Å². The molecular formula is C15H30N2O. The minimum absolute atomic E-state index is 0.332. The Morgan fingerprint density at radius 3 is 2.61 bits per heavy atom. The quantitative estimate of drug-likeness (QED) is 0.642. The van der Waals surface area contributed by atoms with Crippen LogP contribution in [0.3, 0.4) is 0 Å². The minimum atomic E-state index is 0.332. The fourth-order valence-electron chi connectivity index (χ4n) is 2.53. The van der Waals surface area contributed by atoms with Crippen molar-refractivity contribution in [3.8, 4) is 0 Å². The van der Waals surface area contributed by atoms with Crippen LogP contribution in [0.2, 0.25) is 0 Å². The molecule has 1 fully saturated rings. The summed E-state index contributed by atoms with van der Waals surface area (Å²) in [7, 11) is 0. The summed E-state index contributed by atoms with van der Waals surface area (Å²) in [6, 6.07) is 0.549. The van der Waals surface area contributed by atoms with Gasteiger partial charge in [-0.3, -0.25) is 4.79 Å². The first-order chi connectivity index (χ1) is 8.74. The molecule has 1 saturated heterocycles. The molecule has 0 radical (unpaired) electrons. The second-order valence-corrected chi connectivity index (χ2v) is 5.54. The molecule has 1 heterocycles. The molecular weight excluding hydrogens is 224 g/mol. The maximum absolute atomic E-state index is 11.8. The Balaban J connectivity index is 1.97. The van der Waals surface area contributed by atoms with Gasteiger partial charge < -0.3 is 10.2 Å². The van der Waals surface area contributed by atoms with Gasteiger partial charge in [-0.1, -0.05) is 32.6 Å². The average molecular weight is 254 g/mol. The summed E-state index contributed by atoms with van der Waals surface area (Å²) in [5, 5.41) is 3.47. The molecule has 1 atom stereocenters. The molecule has 18 heavy (non-hydrogen) atoms. The predicted molar refractivity (Wildman–Crippen MR) is 76.7 cm³/mol. The van der Waals surface area contributed by atoms with E-state index in [1.54, 1.807) is 0 Å². The number of nitrogens with one attached hydrogen (secondary N) is 1. The van der Waals surface area contributed by atoms with Crippen molar-refractivity contribution in [3.63, 3.8) is 0 Å². The van der Waals surface area contributed by atoms with Gasteiger partial charge in [-0.2, -0.15) is 0 Å². The maximum Gasteiger partial charge on any atom is 0.223 e. The van der Waals surface area contributed by atoms with E-state index in [0.717, 1.165) is 19.6 Å². The average Bonchev–Trinajstić information content (AvgIpc) is 2.88. The highest BCUT2D eigenvalue weighted by molar-refractivity contribution is 5.76. The molecule has 1 unspecified atom stereocenters. The largest absolute Gasteiger partial charge is 0.343 e. The first-order valence-electron chi connectivity index (χ1n) is 7.75. The van der Waals surface area contributed by atoms with Crippen LogP contribution in [0.4, 0.5) is 0 Å². The number of unbranched alkanes of at least 4 members (excludes halogenated alkanes) is 3. The summed E-state index contributed by atoms with van der Waals surface area (Å²) < 4.78 is 0. The standard InChI is InChI=1S/C15H30N2O/c1-3-4-5-6-9-14(2)16-11-10-15(18)17-12-7-8-13-17/h14,16H,3-13H2,1-2H3. The number of hydrogen-bond acceptors (Lipinski definition) is 2. The zero-order valence-electron chi connectivity index (χ0n) is 12.2. The fourth-order valence-corrected chi connectivity index (χ4v) is 2.53. The van der Waals surface area contributed by atoms with Crippen LogP contribution in [-0.2, 0) is 4.79 Å². The second-order valence-electron chi connectivity index (χ2n) is 5.54. The van der Waals surface area contributed by atoms with Crippen LogP contribution in [0, 0.1) is 0 Å². The van der Waals surface area contributed by atoms with Gasteiger partial charge in [-0.15, -0.1) is 0 Å². The van der Waals surface area contributed by atoms with Gasteiger partial charge in [0.1, 0.15) is 0 Å². The van der Waals surface area contributed by atoms with E-state index in [-0.39, 0.29) is 0 Å². The Morgan fingerprint density at radius 2 is 1.94 bits per heavy atom. The monoisotopic (exact) mass is 254 g/mol. The molecule has 1 amide bonds. The zero-order chi connectivity index (χ0) is 13.2. The van der Waals surface area contributed by atoms with Crippen LogP contribution in [0.1, 0.15) is 65.2 Å². The van der Waals surface area contributed by atoms with E-state index in [1.165, 1.54) is 44.9 Å². The van der Waals surface area contributed by atoms with Gasteiger partial charge in [0.15, 0.2) is 0 Å². The highest BCUT2D eigenvalue weighted by Gasteiger charge is 2.17. The predicted octanol–water partition coefficient (Wildman–Crippen LogP) is 2.95. The van der Waals surface area contributed by atoms with Gasteiger partial charge in [-0.25, -0.2) is 0 Å². The van der Waals surface area contributed by atoms with Gasteiger partial charge in [0, 0.05) is 32.1 Å². The third kappa shape index (κ3) is 6.39. The fraction of sp³-hybridized carbons (Fsp3) is 0.933. The lowest BCUT2D eigenvalue weighted by Crippen LogP contribution is -2.33. The summed E-state index contributed by atoms with van der Waals surface area (Å²) in [5.41, 5.74) is 0. The third-order valence-electron chi connectivity index (χ3n) is 3.78. The van der Waals surface area contributed by atoms with Crippen molar-refractivity contribution < 1.29 is 4.79 Å². The molecule has 3 heteroatoms. The van der Waals surface area contributed by atoms with Crippen molar-refractivity contribution in [2.24, 2.45) is 0 Å². The molecule has 0 aliphatic carbocycles. The number of nitrogens with zero attached hydrogens (tertiary/aromatic N) is 1. The normalized spacial score (nSPS) is 17.1. The van der Waals surface area contributed by atoms with E-state index in [2.05, 4.69) is 19.2 Å².